The van der Waals surface area contributed by atoms with Crippen molar-refractivity contribution in [3.05, 3.63) is 59.2 Å². The Morgan fingerprint density at radius 2 is 1.60 bits per heavy atom. The van der Waals surface area contributed by atoms with Crippen molar-refractivity contribution >= 4 is 17.5 Å². The lowest BCUT2D eigenvalue weighted by atomic mass is 9.95. The highest BCUT2D eigenvalue weighted by molar-refractivity contribution is 5.95. The average Bonchev–Trinajstić information content (AvgIpc) is 2.62. The van der Waals surface area contributed by atoms with E-state index in [4.69, 9.17) is 10.5 Å². The van der Waals surface area contributed by atoms with Gasteiger partial charge in [0.1, 0.15) is 11.6 Å². The first kappa shape index (κ1) is 22.9. The van der Waals surface area contributed by atoms with Crippen LogP contribution in [0.3, 0.4) is 0 Å². The number of halogens is 2. The van der Waals surface area contributed by atoms with E-state index >= 15 is 0 Å². The number of carbonyl (C=O) groups is 2. The van der Waals surface area contributed by atoms with E-state index < -0.39 is 34.5 Å². The Morgan fingerprint density at radius 1 is 1.00 bits per heavy atom. The molecule has 0 aromatic heterocycles. The lowest BCUT2D eigenvalue weighted by Crippen LogP contribution is -2.43. The number of amides is 2. The summed E-state index contributed by atoms with van der Waals surface area (Å²) in [5.41, 5.74) is 3.72. The molecule has 30 heavy (non-hydrogen) atoms. The number of rotatable bonds is 4. The van der Waals surface area contributed by atoms with E-state index in [0.29, 0.717) is 17.4 Å². The molecule has 7 heteroatoms. The number of ether oxygens (including phenoxy) is 1. The smallest absolute Gasteiger partial charge is 0.261 e. The van der Waals surface area contributed by atoms with Crippen molar-refractivity contribution in [2.45, 2.75) is 40.2 Å². The van der Waals surface area contributed by atoms with Crippen LogP contribution < -0.4 is 15.8 Å². The van der Waals surface area contributed by atoms with Gasteiger partial charge in [-0.05, 0) is 44.2 Å². The number of nitrogens with one attached hydrogen (secondary N) is 1. The van der Waals surface area contributed by atoms with Crippen molar-refractivity contribution in [3.63, 3.8) is 0 Å². The molecule has 0 aliphatic carbocycles. The van der Waals surface area contributed by atoms with E-state index in [1.54, 1.807) is 58.9 Å². The zero-order valence-corrected chi connectivity index (χ0v) is 17.5. The molecule has 0 unspecified atom stereocenters. The molecule has 0 saturated carbocycles. The molecule has 0 radical (unpaired) electrons. The third-order valence-corrected chi connectivity index (χ3v) is 4.14. The highest BCUT2D eigenvalue weighted by atomic mass is 19.1. The fourth-order valence-electron chi connectivity index (χ4n) is 2.19. The summed E-state index contributed by atoms with van der Waals surface area (Å²) in [7, 11) is 0. The van der Waals surface area contributed by atoms with E-state index in [0.717, 1.165) is 6.07 Å². The molecule has 0 saturated heterocycles. The fraction of sp³-hybridized carbons (Fsp3) is 0.304. The van der Waals surface area contributed by atoms with Crippen LogP contribution in [0.4, 0.5) is 14.5 Å². The zero-order valence-electron chi connectivity index (χ0n) is 17.5. The summed E-state index contributed by atoms with van der Waals surface area (Å²) in [4.78, 5) is 23.6. The second kappa shape index (κ2) is 8.54. The first-order valence-electron chi connectivity index (χ1n) is 9.21. The molecular formula is C23H24F2N2O3. The van der Waals surface area contributed by atoms with Crippen molar-refractivity contribution in [2.75, 3.05) is 5.32 Å². The number of hydrogen-bond donors (Lipinski definition) is 2. The highest BCUT2D eigenvalue weighted by Gasteiger charge is 2.27. The Morgan fingerprint density at radius 3 is 2.13 bits per heavy atom. The first-order valence-corrected chi connectivity index (χ1v) is 9.21. The van der Waals surface area contributed by atoms with Crippen LogP contribution in [0, 0.1) is 28.9 Å². The molecule has 3 N–H and O–H groups in total. The van der Waals surface area contributed by atoms with Crippen LogP contribution in [0.15, 0.2) is 36.4 Å². The summed E-state index contributed by atoms with van der Waals surface area (Å²) >= 11 is 0. The maximum atomic E-state index is 14.3. The summed E-state index contributed by atoms with van der Waals surface area (Å²) in [6.07, 6.45) is 0. The molecule has 2 aromatic carbocycles. The highest BCUT2D eigenvalue weighted by Crippen LogP contribution is 2.25. The second-order valence-corrected chi connectivity index (χ2v) is 8.27. The third kappa shape index (κ3) is 5.80. The predicted molar refractivity (Wildman–Crippen MR) is 111 cm³/mol. The first-order chi connectivity index (χ1) is 13.8. The normalized spacial score (nSPS) is 11.3. The summed E-state index contributed by atoms with van der Waals surface area (Å²) in [5.74, 6) is 3.17. The van der Waals surface area contributed by atoms with Gasteiger partial charge < -0.3 is 15.8 Å². The molecule has 2 rings (SSSR count). The van der Waals surface area contributed by atoms with Crippen molar-refractivity contribution in [2.24, 2.45) is 11.1 Å². The van der Waals surface area contributed by atoms with Crippen LogP contribution >= 0.6 is 0 Å². The molecular weight excluding hydrogens is 390 g/mol. The van der Waals surface area contributed by atoms with Crippen molar-refractivity contribution in [3.8, 4) is 17.6 Å². The minimum absolute atomic E-state index is 0.0142. The van der Waals surface area contributed by atoms with Gasteiger partial charge in [0.15, 0.2) is 11.4 Å². The average molecular weight is 414 g/mol. The summed E-state index contributed by atoms with van der Waals surface area (Å²) in [5, 5.41) is 2.48. The summed E-state index contributed by atoms with van der Waals surface area (Å²) < 4.78 is 33.5. The van der Waals surface area contributed by atoms with Crippen LogP contribution in [0.2, 0.25) is 0 Å². The third-order valence-electron chi connectivity index (χ3n) is 4.14. The molecule has 0 aliphatic rings. The molecule has 0 aliphatic heterocycles. The Bertz CT molecular complexity index is 1030. The van der Waals surface area contributed by atoms with Crippen molar-refractivity contribution in [1.29, 1.82) is 0 Å². The van der Waals surface area contributed by atoms with Gasteiger partial charge in [-0.15, -0.1) is 0 Å². The molecule has 0 fully saturated rings. The largest absolute Gasteiger partial charge is 0.478 e. The molecule has 158 valence electrons. The quantitative estimate of drug-likeness (QED) is 0.743. The van der Waals surface area contributed by atoms with E-state index in [2.05, 4.69) is 17.2 Å². The van der Waals surface area contributed by atoms with Gasteiger partial charge in [0.05, 0.1) is 11.3 Å². The van der Waals surface area contributed by atoms with E-state index in [-0.39, 0.29) is 11.3 Å². The fourth-order valence-corrected chi connectivity index (χ4v) is 2.19. The molecule has 0 bridgehead atoms. The van der Waals surface area contributed by atoms with Gasteiger partial charge in [-0.1, -0.05) is 32.6 Å². The number of nitrogens with two attached hydrogens (primary N) is 1. The van der Waals surface area contributed by atoms with Crippen molar-refractivity contribution in [1.82, 2.24) is 0 Å². The SMILES string of the molecule is CC(C)(C)C(=O)Nc1c(F)cc(F)cc1C#Cc1ccc(OC(C)(C)C(N)=O)cc1. The minimum Gasteiger partial charge on any atom is -0.478 e. The Labute approximate surface area is 174 Å². The van der Waals surface area contributed by atoms with Crippen LogP contribution in [0.25, 0.3) is 0 Å². The lowest BCUT2D eigenvalue weighted by Gasteiger charge is -2.22. The molecule has 2 aromatic rings. The van der Waals surface area contributed by atoms with Gasteiger partial charge in [-0.3, -0.25) is 9.59 Å². The maximum Gasteiger partial charge on any atom is 0.261 e. The number of hydrogen-bond acceptors (Lipinski definition) is 3. The van der Waals surface area contributed by atoms with Gasteiger partial charge >= 0.3 is 0 Å². The standard InChI is InChI=1S/C23H24F2N2O3/c1-22(2,3)21(29)27-19-15(12-16(24)13-18(19)25)9-6-14-7-10-17(11-8-14)30-23(4,5)20(26)28/h7-8,10-13H,1-5H3,(H2,26,28)(H,27,29). The van der Waals surface area contributed by atoms with Crippen LogP contribution in [0.1, 0.15) is 45.7 Å². The number of carbonyl (C=O) groups excluding carboxylic acids is 2. The number of anilines is 1. The van der Waals surface area contributed by atoms with Gasteiger partial charge in [0, 0.05) is 17.0 Å². The van der Waals surface area contributed by atoms with Crippen molar-refractivity contribution < 1.29 is 23.1 Å². The predicted octanol–water partition coefficient (Wildman–Crippen LogP) is 3.99. The molecule has 0 heterocycles. The van der Waals surface area contributed by atoms with Gasteiger partial charge in [0.2, 0.25) is 5.91 Å². The Hall–Kier alpha value is -3.40. The Balaban J connectivity index is 2.31. The monoisotopic (exact) mass is 414 g/mol. The van der Waals surface area contributed by atoms with E-state index in [9.17, 15) is 18.4 Å². The maximum absolute atomic E-state index is 14.3. The van der Waals surface area contributed by atoms with Gasteiger partial charge in [0.25, 0.3) is 5.91 Å². The van der Waals surface area contributed by atoms with Crippen LogP contribution in [-0.2, 0) is 9.59 Å². The number of primary amides is 1. The molecule has 0 spiro atoms. The van der Waals surface area contributed by atoms with Crippen LogP contribution in [0.5, 0.6) is 5.75 Å². The van der Waals surface area contributed by atoms with E-state index in [1.165, 1.54) is 0 Å². The minimum atomic E-state index is -1.17. The molecule has 2 amide bonds. The molecule has 0 atom stereocenters. The molecule has 5 nitrogen and oxygen atoms in total. The number of benzene rings is 2. The summed E-state index contributed by atoms with van der Waals surface area (Å²) in [6.45, 7) is 8.14. The van der Waals surface area contributed by atoms with E-state index in [1.807, 2.05) is 0 Å². The Kier molecular flexibility index (Phi) is 6.51. The van der Waals surface area contributed by atoms with Gasteiger partial charge in [-0.25, -0.2) is 8.78 Å². The van der Waals surface area contributed by atoms with Gasteiger partial charge in [-0.2, -0.15) is 0 Å². The topological polar surface area (TPSA) is 81.4 Å². The zero-order chi connectivity index (χ0) is 22.7. The second-order valence-electron chi connectivity index (χ2n) is 8.27. The summed E-state index contributed by atoms with van der Waals surface area (Å²) in [6, 6.07) is 8.20. The van der Waals surface area contributed by atoms with Crippen LogP contribution in [-0.4, -0.2) is 17.4 Å². The lowest BCUT2D eigenvalue weighted by molar-refractivity contribution is -0.130.